The minimum absolute atomic E-state index is 0.264. The van der Waals surface area contributed by atoms with E-state index in [0.717, 1.165) is 17.4 Å². The van der Waals surface area contributed by atoms with Crippen molar-refractivity contribution in [2.24, 2.45) is 4.40 Å². The molecule has 1 heterocycles. The van der Waals surface area contributed by atoms with Crippen molar-refractivity contribution in [3.8, 4) is 0 Å². The molecule has 7 heteroatoms. The number of nitrogens with zero attached hydrogens (tertiary/aromatic N) is 2. The van der Waals surface area contributed by atoms with Gasteiger partial charge in [-0.1, -0.05) is 75.9 Å². The molecule has 1 aromatic carbocycles. The molecule has 1 fully saturated rings. The molecule has 1 saturated heterocycles. The maximum Gasteiger partial charge on any atom is 0.283 e. The lowest BCUT2D eigenvalue weighted by Crippen LogP contribution is -2.51. The van der Waals surface area contributed by atoms with E-state index in [-0.39, 0.29) is 4.90 Å². The van der Waals surface area contributed by atoms with Gasteiger partial charge in [0.05, 0.1) is 26.2 Å². The molecule has 2 rings (SSSR count). The molecular weight excluding hydrogens is 400 g/mol. The Kier molecular flexibility index (Phi) is 8.10. The first-order valence-electron chi connectivity index (χ1n) is 10.7. The van der Waals surface area contributed by atoms with Crippen LogP contribution in [0.3, 0.4) is 0 Å². The van der Waals surface area contributed by atoms with Crippen molar-refractivity contribution in [1.82, 2.24) is 4.90 Å². The lowest BCUT2D eigenvalue weighted by Gasteiger charge is -2.45. The number of sulfonamides is 1. The van der Waals surface area contributed by atoms with Crippen LogP contribution in [0.15, 0.2) is 33.6 Å². The standard InChI is InChI=1S/C22H38N2O3SSi/c1-17(2)29(18(3)4,19(5)6)16-22(24-12-14-27-15-13-24)23-28(25,26)21-10-8-20(7)9-11-21/h8-11,17-19H,12-16H2,1-7H3/b23-22+. The number of morpholine rings is 1. The van der Waals surface area contributed by atoms with Crippen LogP contribution in [0.4, 0.5) is 0 Å². The maximum absolute atomic E-state index is 13.2. The van der Waals surface area contributed by atoms with Gasteiger partial charge in [0.25, 0.3) is 10.0 Å². The van der Waals surface area contributed by atoms with Gasteiger partial charge in [-0.05, 0) is 19.1 Å². The number of aryl methyl sites for hydroxylation is 1. The highest BCUT2D eigenvalue weighted by Crippen LogP contribution is 2.45. The molecule has 0 unspecified atom stereocenters. The summed E-state index contributed by atoms with van der Waals surface area (Å²) in [7, 11) is -5.61. The number of amidine groups is 1. The monoisotopic (exact) mass is 438 g/mol. The van der Waals surface area contributed by atoms with Crippen molar-refractivity contribution in [3.63, 3.8) is 0 Å². The molecule has 0 amide bonds. The van der Waals surface area contributed by atoms with Gasteiger partial charge in [-0.2, -0.15) is 8.42 Å². The van der Waals surface area contributed by atoms with Crippen LogP contribution in [-0.4, -0.2) is 53.5 Å². The van der Waals surface area contributed by atoms with E-state index in [9.17, 15) is 8.42 Å². The Labute approximate surface area is 178 Å². The van der Waals surface area contributed by atoms with Crippen molar-refractivity contribution in [2.75, 3.05) is 26.3 Å². The van der Waals surface area contributed by atoms with Crippen LogP contribution in [0.5, 0.6) is 0 Å². The zero-order valence-corrected chi connectivity index (χ0v) is 20.9. The highest BCUT2D eigenvalue weighted by molar-refractivity contribution is 7.90. The number of hydrogen-bond donors (Lipinski definition) is 0. The zero-order chi connectivity index (χ0) is 21.8. The normalized spacial score (nSPS) is 16.9. The van der Waals surface area contributed by atoms with Gasteiger partial charge in [0.1, 0.15) is 5.84 Å². The molecule has 29 heavy (non-hydrogen) atoms. The summed E-state index contributed by atoms with van der Waals surface area (Å²) in [6.45, 7) is 18.4. The summed E-state index contributed by atoms with van der Waals surface area (Å²) in [6, 6.07) is 7.75. The SMILES string of the molecule is Cc1ccc(S(=O)(=O)/N=C(\C[Si](C(C)C)(C(C)C)C(C)C)N2CCOCC2)cc1. The van der Waals surface area contributed by atoms with Gasteiger partial charge in [0, 0.05) is 19.1 Å². The van der Waals surface area contributed by atoms with Gasteiger partial charge in [0.2, 0.25) is 0 Å². The van der Waals surface area contributed by atoms with E-state index in [2.05, 4.69) is 50.8 Å². The molecule has 0 bridgehead atoms. The van der Waals surface area contributed by atoms with E-state index in [1.807, 2.05) is 19.1 Å². The van der Waals surface area contributed by atoms with Gasteiger partial charge in [-0.3, -0.25) is 0 Å². The van der Waals surface area contributed by atoms with Gasteiger partial charge < -0.3 is 9.64 Å². The first-order valence-corrected chi connectivity index (χ1v) is 14.6. The Hall–Kier alpha value is -1.18. The lowest BCUT2D eigenvalue weighted by atomic mass is 10.2. The van der Waals surface area contributed by atoms with E-state index in [4.69, 9.17) is 4.74 Å². The summed E-state index contributed by atoms with van der Waals surface area (Å²) in [4.78, 5) is 2.41. The first-order chi connectivity index (χ1) is 13.5. The third-order valence-corrected chi connectivity index (χ3v) is 15.3. The minimum Gasteiger partial charge on any atom is -0.378 e. The fourth-order valence-electron chi connectivity index (χ4n) is 4.81. The second-order valence-electron chi connectivity index (χ2n) is 9.15. The fraction of sp³-hybridized carbons (Fsp3) is 0.682. The Bertz CT molecular complexity index is 774. The average molecular weight is 439 g/mol. The molecule has 0 spiro atoms. The summed E-state index contributed by atoms with van der Waals surface area (Å²) in [5.41, 5.74) is 2.65. The lowest BCUT2D eigenvalue weighted by molar-refractivity contribution is 0.0678. The van der Waals surface area contributed by atoms with Gasteiger partial charge in [-0.15, -0.1) is 4.40 Å². The van der Waals surface area contributed by atoms with Crippen LogP contribution in [0, 0.1) is 6.92 Å². The third-order valence-electron chi connectivity index (χ3n) is 6.61. The largest absolute Gasteiger partial charge is 0.378 e. The molecule has 0 saturated carbocycles. The van der Waals surface area contributed by atoms with E-state index < -0.39 is 18.1 Å². The minimum atomic E-state index is -3.75. The molecule has 1 aromatic rings. The van der Waals surface area contributed by atoms with Crippen LogP contribution < -0.4 is 0 Å². The highest BCUT2D eigenvalue weighted by atomic mass is 32.2. The molecule has 5 nitrogen and oxygen atoms in total. The first kappa shape index (κ1) is 24.1. The van der Waals surface area contributed by atoms with Gasteiger partial charge in [-0.25, -0.2) is 0 Å². The van der Waals surface area contributed by atoms with E-state index >= 15 is 0 Å². The molecule has 0 aliphatic carbocycles. The summed E-state index contributed by atoms with van der Waals surface area (Å²) in [5.74, 6) is 0.733. The molecule has 164 valence electrons. The number of benzene rings is 1. The van der Waals surface area contributed by atoms with Crippen LogP contribution in [0.1, 0.15) is 47.1 Å². The summed E-state index contributed by atoms with van der Waals surface area (Å²) < 4.78 is 36.3. The quantitative estimate of drug-likeness (QED) is 0.338. The molecule has 0 N–H and O–H groups in total. The van der Waals surface area contributed by atoms with Crippen LogP contribution in [0.2, 0.25) is 22.7 Å². The zero-order valence-electron chi connectivity index (χ0n) is 19.1. The van der Waals surface area contributed by atoms with Crippen molar-refractivity contribution >= 4 is 23.9 Å². The van der Waals surface area contributed by atoms with Crippen molar-refractivity contribution < 1.29 is 13.2 Å². The van der Waals surface area contributed by atoms with Crippen molar-refractivity contribution in [3.05, 3.63) is 29.8 Å². The van der Waals surface area contributed by atoms with Gasteiger partial charge >= 0.3 is 0 Å². The number of ether oxygens (including phenoxy) is 1. The smallest absolute Gasteiger partial charge is 0.283 e. The predicted molar refractivity (Wildman–Crippen MR) is 124 cm³/mol. The maximum atomic E-state index is 13.2. The van der Waals surface area contributed by atoms with E-state index in [1.54, 1.807) is 12.1 Å². The molecular formula is C22H38N2O3SSi. The topological polar surface area (TPSA) is 59.0 Å². The second kappa shape index (κ2) is 9.75. The van der Waals surface area contributed by atoms with E-state index in [0.29, 0.717) is 42.9 Å². The fourth-order valence-corrected chi connectivity index (χ4v) is 12.0. The molecule has 0 atom stereocenters. The molecule has 1 aliphatic rings. The van der Waals surface area contributed by atoms with Crippen LogP contribution in [-0.2, 0) is 14.8 Å². The van der Waals surface area contributed by atoms with E-state index in [1.165, 1.54) is 0 Å². The second-order valence-corrected chi connectivity index (χ2v) is 16.8. The van der Waals surface area contributed by atoms with Crippen molar-refractivity contribution in [2.45, 2.75) is 76.0 Å². The predicted octanol–water partition coefficient (Wildman–Crippen LogP) is 5.09. The Morgan fingerprint density at radius 1 is 1.00 bits per heavy atom. The number of rotatable bonds is 7. The Morgan fingerprint density at radius 2 is 1.48 bits per heavy atom. The molecule has 1 aliphatic heterocycles. The van der Waals surface area contributed by atoms with Crippen LogP contribution >= 0.6 is 0 Å². The summed E-state index contributed by atoms with van der Waals surface area (Å²) in [6.07, 6.45) is 0. The molecule has 0 radical (unpaired) electrons. The Morgan fingerprint density at radius 3 is 1.93 bits per heavy atom. The third kappa shape index (κ3) is 5.50. The average Bonchev–Trinajstić information content (AvgIpc) is 2.65. The molecule has 0 aromatic heterocycles. The Balaban J connectivity index is 2.54. The van der Waals surface area contributed by atoms with Crippen molar-refractivity contribution in [1.29, 1.82) is 0 Å². The summed E-state index contributed by atoms with van der Waals surface area (Å²) in [5, 5.41) is 0. The van der Waals surface area contributed by atoms with Crippen LogP contribution in [0.25, 0.3) is 0 Å². The number of hydrogen-bond acceptors (Lipinski definition) is 3. The van der Waals surface area contributed by atoms with Gasteiger partial charge in [0.15, 0.2) is 0 Å². The summed E-state index contributed by atoms with van der Waals surface area (Å²) >= 11 is 0. The highest BCUT2D eigenvalue weighted by Gasteiger charge is 2.44.